The van der Waals surface area contributed by atoms with Gasteiger partial charge in [-0.05, 0) is 101 Å². The Kier molecular flexibility index (Phi) is 18.1. The molecule has 4 aromatic carbocycles. The molecule has 9 N–H and O–H groups in total. The lowest BCUT2D eigenvalue weighted by molar-refractivity contribution is -0.346. The second-order valence-electron chi connectivity index (χ2n) is 24.4. The average molecular weight is 1230 g/mol. The zero-order chi connectivity index (χ0) is 64.0. The number of benzene rings is 4. The summed E-state index contributed by atoms with van der Waals surface area (Å²) in [7, 11) is 1.45. The predicted molar refractivity (Wildman–Crippen MR) is 317 cm³/mol. The fourth-order valence-corrected chi connectivity index (χ4v) is 12.7. The number of primary amides is 1. The zero-order valence-electron chi connectivity index (χ0n) is 50.0. The lowest BCUT2D eigenvalue weighted by atomic mass is 9.44. The Hall–Kier alpha value is -8.19. The highest BCUT2D eigenvalue weighted by Gasteiger charge is 2.78. The number of carbonyl (C=O) groups is 7. The van der Waals surface area contributed by atoms with Gasteiger partial charge in [-0.2, -0.15) is 0 Å². The number of anilines is 1. The Morgan fingerprint density at radius 3 is 2.16 bits per heavy atom. The molecule has 23 nitrogen and oxygen atoms in total. The second-order valence-corrected chi connectivity index (χ2v) is 24.8. The SMILES string of the molecule is CC(=O)O[C@@]12CO[C@@H]1C[C@H](O)[C@@]1(C)C(=O)[C@H](O)C3=C(C)[C@@H](OC(=O)[C@H](O)[C@@H](NC(=O)OC(C)(C)C)c4ccccc4)C[C@@](O)([C@@H](OC(=O)c4ccccc4)[C@H]21)C3(C)C.COc1cc2nccc(Oc3ccc(NC(=O)NC4CC4)c(Cl)c3)c2cc1C(N)=O. The summed E-state index contributed by atoms with van der Waals surface area (Å²) in [5.41, 5.74) is -1.40. The molecule has 1 aromatic heterocycles. The first kappa shape index (κ1) is 64.3. The number of pyridine rings is 1. The first-order valence-electron chi connectivity index (χ1n) is 28.6. The molecule has 88 heavy (non-hydrogen) atoms. The van der Waals surface area contributed by atoms with Crippen LogP contribution in [-0.2, 0) is 38.1 Å². The number of urea groups is 1. The molecule has 4 fully saturated rings. The summed E-state index contributed by atoms with van der Waals surface area (Å²) in [5, 5.41) is 58.0. The fraction of sp³-hybridized carbons (Fsp3) is 0.438. The van der Waals surface area contributed by atoms with Gasteiger partial charge in [0.2, 0.25) is 0 Å². The molecule has 0 spiro atoms. The topological polar surface area (TPSA) is 340 Å². The van der Waals surface area contributed by atoms with E-state index >= 15 is 0 Å². The zero-order valence-corrected chi connectivity index (χ0v) is 50.7. The number of fused-ring (bicyclic) bond motifs is 6. The monoisotopic (exact) mass is 1230 g/mol. The van der Waals surface area contributed by atoms with Gasteiger partial charge in [0.1, 0.15) is 52.9 Å². The molecule has 2 heterocycles. The Bertz CT molecular complexity index is 3580. The van der Waals surface area contributed by atoms with E-state index in [0.29, 0.717) is 44.4 Å². The first-order valence-corrected chi connectivity index (χ1v) is 29.0. The summed E-state index contributed by atoms with van der Waals surface area (Å²) in [6.45, 7) is 11.8. The number of hydrogen-bond donors (Lipinski definition) is 8. The number of carbonyl (C=O) groups excluding carboxylic acids is 7. The van der Waals surface area contributed by atoms with Crippen molar-refractivity contribution >= 4 is 69.9 Å². The summed E-state index contributed by atoms with van der Waals surface area (Å²) in [6, 6.07) is 24.4. The second kappa shape index (κ2) is 24.8. The van der Waals surface area contributed by atoms with E-state index in [0.717, 1.165) is 19.8 Å². The molecule has 1 aliphatic heterocycles. The molecule has 468 valence electrons. The summed E-state index contributed by atoms with van der Waals surface area (Å²) >= 11 is 6.30. The Labute approximate surface area is 512 Å². The van der Waals surface area contributed by atoms with E-state index in [2.05, 4.69) is 20.9 Å². The molecule has 1 saturated heterocycles. The van der Waals surface area contributed by atoms with E-state index in [-0.39, 0.29) is 47.4 Å². The number of aliphatic hydroxyl groups is 4. The molecular formula is C64H72ClN5O18. The first-order chi connectivity index (χ1) is 41.4. The van der Waals surface area contributed by atoms with Crippen LogP contribution in [0.4, 0.5) is 15.3 Å². The van der Waals surface area contributed by atoms with Gasteiger partial charge in [0.25, 0.3) is 5.91 Å². The third-order valence-corrected chi connectivity index (χ3v) is 17.5. The van der Waals surface area contributed by atoms with Crippen LogP contribution in [0, 0.1) is 16.7 Å². The fourth-order valence-electron chi connectivity index (χ4n) is 12.5. The molecular weight excluding hydrogens is 1160 g/mol. The van der Waals surface area contributed by atoms with Crippen molar-refractivity contribution in [3.63, 3.8) is 0 Å². The lowest BCUT2D eigenvalue weighted by Crippen LogP contribution is -2.81. The van der Waals surface area contributed by atoms with Gasteiger partial charge in [-0.25, -0.2) is 19.2 Å². The Morgan fingerprint density at radius 2 is 1.57 bits per heavy atom. The number of alkyl carbamates (subject to hydrolysis) is 1. The quantitative estimate of drug-likeness (QED) is 0.0306. The van der Waals surface area contributed by atoms with E-state index in [1.54, 1.807) is 126 Å². The van der Waals surface area contributed by atoms with E-state index in [9.17, 15) is 54.0 Å². The van der Waals surface area contributed by atoms with Crippen LogP contribution in [0.25, 0.3) is 10.9 Å². The van der Waals surface area contributed by atoms with Crippen molar-refractivity contribution in [3.8, 4) is 17.2 Å². The number of Topliss-reactive ketones (excluding diaryl/α,β-unsaturated/α-hetero) is 1. The van der Waals surface area contributed by atoms with Gasteiger partial charge in [0.15, 0.2) is 17.5 Å². The van der Waals surface area contributed by atoms with Crippen molar-refractivity contribution in [1.82, 2.24) is 15.6 Å². The van der Waals surface area contributed by atoms with Crippen molar-refractivity contribution in [3.05, 3.63) is 136 Å². The minimum absolute atomic E-state index is 0.0637. The van der Waals surface area contributed by atoms with Crippen molar-refractivity contribution in [2.24, 2.45) is 22.5 Å². The minimum Gasteiger partial charge on any atom is -0.496 e. The van der Waals surface area contributed by atoms with Crippen LogP contribution in [0.15, 0.2) is 114 Å². The van der Waals surface area contributed by atoms with Gasteiger partial charge in [-0.1, -0.05) is 74.0 Å². The molecule has 5 aromatic rings. The maximum Gasteiger partial charge on any atom is 0.408 e. The summed E-state index contributed by atoms with van der Waals surface area (Å²) in [5.74, 6) is -4.72. The molecule has 10 rings (SSSR count). The third kappa shape index (κ3) is 12.5. The van der Waals surface area contributed by atoms with Crippen LogP contribution < -0.4 is 31.2 Å². The molecule has 0 radical (unpaired) electrons. The van der Waals surface area contributed by atoms with E-state index < -0.39 is 118 Å². The number of amides is 4. The van der Waals surface area contributed by atoms with Gasteiger partial charge in [-0.3, -0.25) is 19.4 Å². The van der Waals surface area contributed by atoms with E-state index in [1.807, 2.05) is 0 Å². The minimum atomic E-state index is -2.35. The number of hydrogen-bond acceptors (Lipinski definition) is 19. The largest absolute Gasteiger partial charge is 0.496 e. The molecule has 4 amide bonds. The molecule has 3 saturated carbocycles. The third-order valence-electron chi connectivity index (χ3n) is 17.2. The number of esters is 3. The highest BCUT2D eigenvalue weighted by molar-refractivity contribution is 6.33. The van der Waals surface area contributed by atoms with Crippen LogP contribution >= 0.6 is 11.6 Å². The number of halogens is 1. The van der Waals surface area contributed by atoms with Crippen molar-refractivity contribution in [2.75, 3.05) is 19.0 Å². The maximum atomic E-state index is 14.9. The molecule has 4 aliphatic carbocycles. The van der Waals surface area contributed by atoms with Gasteiger partial charge in [-0.15, -0.1) is 0 Å². The number of aliphatic hydroxyl groups excluding tert-OH is 3. The van der Waals surface area contributed by atoms with Crippen LogP contribution in [0.3, 0.4) is 0 Å². The van der Waals surface area contributed by atoms with Crippen LogP contribution in [0.1, 0.15) is 113 Å². The van der Waals surface area contributed by atoms with Gasteiger partial charge in [0.05, 0.1) is 64.5 Å². The predicted octanol–water partition coefficient (Wildman–Crippen LogP) is 7.33. The van der Waals surface area contributed by atoms with Crippen LogP contribution in [0.2, 0.25) is 5.02 Å². The van der Waals surface area contributed by atoms with Crippen molar-refractivity contribution < 1.29 is 87.1 Å². The number of nitrogens with zero attached hydrogens (tertiary/aromatic N) is 1. The molecule has 24 heteroatoms. The highest BCUT2D eigenvalue weighted by Crippen LogP contribution is 2.64. The summed E-state index contributed by atoms with van der Waals surface area (Å²) < 4.78 is 40.7. The number of ether oxygens (including phenoxy) is 7. The van der Waals surface area contributed by atoms with Gasteiger partial charge >= 0.3 is 30.0 Å². The van der Waals surface area contributed by atoms with E-state index in [1.165, 1.54) is 33.1 Å². The van der Waals surface area contributed by atoms with Gasteiger partial charge < -0.3 is 75.3 Å². The van der Waals surface area contributed by atoms with Gasteiger partial charge in [0, 0.05) is 54.9 Å². The van der Waals surface area contributed by atoms with Crippen LogP contribution in [0.5, 0.6) is 17.2 Å². The number of aromatic nitrogens is 1. The highest BCUT2D eigenvalue weighted by atomic mass is 35.5. The normalized spacial score (nSPS) is 26.6. The number of rotatable bonds is 14. The molecule has 0 unspecified atom stereocenters. The maximum absolute atomic E-state index is 14.9. The van der Waals surface area contributed by atoms with Crippen molar-refractivity contribution in [1.29, 1.82) is 0 Å². The Balaban J connectivity index is 0.000000256. The number of ketones is 1. The number of methoxy groups -OCH3 is 1. The Morgan fingerprint density at radius 1 is 0.898 bits per heavy atom. The smallest absolute Gasteiger partial charge is 0.408 e. The number of nitrogens with two attached hydrogens (primary N) is 1. The standard InChI is InChI=1S/C43H53NO14.C21H19ClN4O4/c1-22-26(55-37(51)32(48)30(24-15-11-9-12-16-24)44-38(52)58-39(3,4)5)20-43(53)35(56-36(50)25-17-13-10-14-18-25)33-41(8,34(49)31(47)29(22)40(43,6)7)27(46)19-28-42(33,21-54-28)57-23(2)45;1-29-19-10-17-13(9-14(19)20(23)27)18(6-7-24-17)30-12-4-5-16(15(22)8-12)26-21(28)25-11-2-3-11/h9-18,26-28,30-33,35,46-48,53H,19-21H2,1-8H3,(H,44,52);4-11H,2-3H2,1H3,(H2,23,27)(H2,25,26,28)/t26-,27-,28+,30-,31+,32+,33-,35-,41+,42-,43+;/m0./s1. The van der Waals surface area contributed by atoms with Crippen molar-refractivity contribution in [2.45, 2.75) is 147 Å². The molecule has 11 atom stereocenters. The van der Waals surface area contributed by atoms with Crippen LogP contribution in [-0.4, -0.2) is 140 Å². The molecule has 5 aliphatic rings. The van der Waals surface area contributed by atoms with E-state index in [4.69, 9.17) is 50.5 Å². The summed E-state index contributed by atoms with van der Waals surface area (Å²) in [6.07, 6.45) is -7.90. The number of nitrogens with one attached hydrogen (secondary N) is 3. The summed E-state index contributed by atoms with van der Waals surface area (Å²) in [4.78, 5) is 96.9. The molecule has 2 bridgehead atoms. The lowest BCUT2D eigenvalue weighted by Gasteiger charge is -2.67. The average Bonchev–Trinajstić information content (AvgIpc) is 1.42.